The topological polar surface area (TPSA) is 28.7 Å². The highest BCUT2D eigenvalue weighted by molar-refractivity contribution is 5.75. The third kappa shape index (κ3) is 1.87. The molecule has 1 atom stereocenters. The molecule has 2 rings (SSSR count). The maximum atomic E-state index is 13.0. The van der Waals surface area contributed by atoms with Gasteiger partial charge in [-0.1, -0.05) is 6.07 Å². The van der Waals surface area contributed by atoms with Crippen molar-refractivity contribution in [3.63, 3.8) is 0 Å². The lowest BCUT2D eigenvalue weighted by Gasteiger charge is -2.08. The van der Waals surface area contributed by atoms with Crippen molar-refractivity contribution in [3.8, 4) is 0 Å². The van der Waals surface area contributed by atoms with Crippen LogP contribution in [0.15, 0.2) is 18.2 Å². The van der Waals surface area contributed by atoms with Crippen LogP contribution < -0.4 is 0 Å². The average molecular weight is 232 g/mol. The van der Waals surface area contributed by atoms with Gasteiger partial charge in [0.05, 0.1) is 11.0 Å². The smallest absolute Gasteiger partial charge is 0.339 e. The molecule has 0 aliphatic rings. The summed E-state index contributed by atoms with van der Waals surface area (Å²) in [7, 11) is 0. The molecule has 1 heterocycles. The normalized spacial score (nSPS) is 14.3. The van der Waals surface area contributed by atoms with Crippen molar-refractivity contribution in [2.24, 2.45) is 0 Å². The number of halogens is 4. The molecule has 0 aliphatic carbocycles. The second kappa shape index (κ2) is 3.47. The number of imidazole rings is 1. The largest absolute Gasteiger partial charge is 0.427 e. The number of aryl methyl sites for hydroxylation is 1. The van der Waals surface area contributed by atoms with Crippen LogP contribution in [0.3, 0.4) is 0 Å². The quantitative estimate of drug-likeness (QED) is 0.749. The first-order valence-corrected chi connectivity index (χ1v) is 4.55. The zero-order valence-corrected chi connectivity index (χ0v) is 8.27. The van der Waals surface area contributed by atoms with Crippen LogP contribution >= 0.6 is 0 Å². The molecule has 0 aliphatic heterocycles. The molecular weight excluding hydrogens is 224 g/mol. The van der Waals surface area contributed by atoms with E-state index < -0.39 is 18.2 Å². The summed E-state index contributed by atoms with van der Waals surface area (Å²) in [6.45, 7) is 1.79. The van der Waals surface area contributed by atoms with Crippen LogP contribution in [-0.2, 0) is 0 Å². The number of fused-ring (bicyclic) bond motifs is 1. The second-order valence-electron chi connectivity index (χ2n) is 3.55. The number of rotatable bonds is 1. The van der Waals surface area contributed by atoms with Gasteiger partial charge in [-0.15, -0.1) is 0 Å². The third-order valence-corrected chi connectivity index (χ3v) is 2.18. The lowest BCUT2D eigenvalue weighted by Crippen LogP contribution is -2.17. The first kappa shape index (κ1) is 10.9. The first-order chi connectivity index (χ1) is 7.38. The predicted octanol–water partition coefficient (Wildman–Crippen LogP) is 3.44. The number of benzene rings is 1. The number of nitrogens with one attached hydrogen (secondary N) is 1. The van der Waals surface area contributed by atoms with Crippen molar-refractivity contribution in [3.05, 3.63) is 29.6 Å². The van der Waals surface area contributed by atoms with Crippen LogP contribution in [0.2, 0.25) is 0 Å². The van der Waals surface area contributed by atoms with Crippen molar-refractivity contribution in [2.75, 3.05) is 0 Å². The molecule has 0 spiro atoms. The summed E-state index contributed by atoms with van der Waals surface area (Å²) in [5, 5.41) is 0. The van der Waals surface area contributed by atoms with Gasteiger partial charge in [-0.25, -0.2) is 9.37 Å². The minimum Gasteiger partial charge on any atom is -0.339 e. The van der Waals surface area contributed by atoms with E-state index in [0.29, 0.717) is 11.0 Å². The van der Waals surface area contributed by atoms with E-state index in [4.69, 9.17) is 0 Å². The fraction of sp³-hybridized carbons (Fsp3) is 0.300. The molecule has 0 saturated carbocycles. The van der Waals surface area contributed by atoms with E-state index in [2.05, 4.69) is 9.97 Å². The van der Waals surface area contributed by atoms with Gasteiger partial charge in [0.1, 0.15) is 0 Å². The van der Waals surface area contributed by atoms with Crippen LogP contribution in [0.5, 0.6) is 0 Å². The summed E-state index contributed by atoms with van der Waals surface area (Å²) >= 11 is 0. The summed E-state index contributed by atoms with van der Waals surface area (Å²) in [5.74, 6) is -0.701. The van der Waals surface area contributed by atoms with Gasteiger partial charge in [-0.2, -0.15) is 13.2 Å². The molecule has 0 saturated heterocycles. The maximum Gasteiger partial charge on any atom is 0.427 e. The van der Waals surface area contributed by atoms with Gasteiger partial charge < -0.3 is 4.98 Å². The Morgan fingerprint density at radius 2 is 2.00 bits per heavy atom. The van der Waals surface area contributed by atoms with Crippen LogP contribution in [0.4, 0.5) is 17.6 Å². The molecule has 0 amide bonds. The van der Waals surface area contributed by atoms with Crippen molar-refractivity contribution in [1.82, 2.24) is 9.97 Å². The zero-order chi connectivity index (χ0) is 11.9. The minimum atomic E-state index is -4.93. The Bertz CT molecular complexity index is 515. The molecule has 2 nitrogen and oxygen atoms in total. The standard InChI is InChI=1S/C10H8F4N2/c1-5-2-3-6-7(4-5)16-9(15-6)8(11)10(12,13)14/h2-4,8H,1H3,(H,15,16)/t8-/m1/s1. The Hall–Kier alpha value is -1.59. The van der Waals surface area contributed by atoms with E-state index in [1.165, 1.54) is 0 Å². The van der Waals surface area contributed by atoms with E-state index in [1.54, 1.807) is 25.1 Å². The lowest BCUT2D eigenvalue weighted by molar-refractivity contribution is -0.184. The van der Waals surface area contributed by atoms with Gasteiger partial charge in [0.2, 0.25) is 0 Å². The number of aromatic amines is 1. The van der Waals surface area contributed by atoms with E-state index in [1.807, 2.05) is 0 Å². The Labute approximate surface area is 88.3 Å². The third-order valence-electron chi connectivity index (χ3n) is 2.18. The van der Waals surface area contributed by atoms with Crippen LogP contribution in [-0.4, -0.2) is 16.1 Å². The summed E-state index contributed by atoms with van der Waals surface area (Å²) < 4.78 is 49.3. The molecular formula is C10H8F4N2. The van der Waals surface area contributed by atoms with E-state index in [9.17, 15) is 17.6 Å². The van der Waals surface area contributed by atoms with Gasteiger partial charge in [0.15, 0.2) is 5.82 Å². The van der Waals surface area contributed by atoms with Crippen LogP contribution in [0, 0.1) is 6.92 Å². The Morgan fingerprint density at radius 3 is 2.62 bits per heavy atom. The number of aromatic nitrogens is 2. The number of hydrogen-bond donors (Lipinski definition) is 1. The van der Waals surface area contributed by atoms with E-state index in [0.717, 1.165) is 5.56 Å². The van der Waals surface area contributed by atoms with Crippen LogP contribution in [0.1, 0.15) is 17.6 Å². The van der Waals surface area contributed by atoms with Gasteiger partial charge in [-0.05, 0) is 24.6 Å². The molecule has 1 aromatic carbocycles. The summed E-state index contributed by atoms with van der Waals surface area (Å²) in [5.41, 5.74) is 1.60. The van der Waals surface area contributed by atoms with Gasteiger partial charge in [-0.3, -0.25) is 0 Å². The highest BCUT2D eigenvalue weighted by Crippen LogP contribution is 2.35. The van der Waals surface area contributed by atoms with E-state index >= 15 is 0 Å². The Balaban J connectivity index is 2.47. The SMILES string of the molecule is Cc1ccc2nc([C@@H](F)C(F)(F)F)[nH]c2c1. The monoisotopic (exact) mass is 232 g/mol. The molecule has 0 bridgehead atoms. The highest BCUT2D eigenvalue weighted by Gasteiger charge is 2.43. The summed E-state index contributed by atoms with van der Waals surface area (Å²) in [4.78, 5) is 5.91. The van der Waals surface area contributed by atoms with Gasteiger partial charge in [0, 0.05) is 0 Å². The molecule has 86 valence electrons. The highest BCUT2D eigenvalue weighted by atomic mass is 19.4. The predicted molar refractivity (Wildman–Crippen MR) is 50.7 cm³/mol. The zero-order valence-electron chi connectivity index (χ0n) is 8.27. The molecule has 0 fully saturated rings. The van der Waals surface area contributed by atoms with Crippen molar-refractivity contribution < 1.29 is 17.6 Å². The van der Waals surface area contributed by atoms with Crippen molar-refractivity contribution in [2.45, 2.75) is 19.3 Å². The lowest BCUT2D eigenvalue weighted by atomic mass is 10.2. The Morgan fingerprint density at radius 1 is 1.31 bits per heavy atom. The van der Waals surface area contributed by atoms with E-state index in [-0.39, 0.29) is 0 Å². The second-order valence-corrected chi connectivity index (χ2v) is 3.55. The molecule has 16 heavy (non-hydrogen) atoms. The number of nitrogens with zero attached hydrogens (tertiary/aromatic N) is 1. The molecule has 6 heteroatoms. The van der Waals surface area contributed by atoms with Crippen molar-refractivity contribution in [1.29, 1.82) is 0 Å². The number of H-pyrrole nitrogens is 1. The summed E-state index contributed by atoms with van der Waals surface area (Å²) in [6, 6.07) is 4.87. The van der Waals surface area contributed by atoms with Crippen LogP contribution in [0.25, 0.3) is 11.0 Å². The average Bonchev–Trinajstić information content (AvgIpc) is 2.57. The summed E-state index contributed by atoms with van der Waals surface area (Å²) in [6.07, 6.45) is -8.00. The maximum absolute atomic E-state index is 13.0. The molecule has 1 aromatic heterocycles. The van der Waals surface area contributed by atoms with Gasteiger partial charge >= 0.3 is 6.18 Å². The van der Waals surface area contributed by atoms with Crippen molar-refractivity contribution >= 4 is 11.0 Å². The van der Waals surface area contributed by atoms with Gasteiger partial charge in [0.25, 0.3) is 6.17 Å². The molecule has 2 aromatic rings. The number of hydrogen-bond acceptors (Lipinski definition) is 1. The fourth-order valence-corrected chi connectivity index (χ4v) is 1.42. The Kier molecular flexibility index (Phi) is 2.36. The fourth-order valence-electron chi connectivity index (χ4n) is 1.42. The number of alkyl halides is 4. The minimum absolute atomic E-state index is 0.326. The first-order valence-electron chi connectivity index (χ1n) is 4.55. The molecule has 0 unspecified atom stereocenters. The molecule has 0 radical (unpaired) electrons. The molecule has 1 N–H and O–H groups in total.